The van der Waals surface area contributed by atoms with Crippen molar-refractivity contribution >= 4 is 27.5 Å². The van der Waals surface area contributed by atoms with Crippen LogP contribution in [0.2, 0.25) is 0 Å². The molecule has 2 aromatic heterocycles. The van der Waals surface area contributed by atoms with Crippen molar-refractivity contribution in [3.05, 3.63) is 27.1 Å². The molecular weight excluding hydrogens is 314 g/mol. The van der Waals surface area contributed by atoms with Gasteiger partial charge in [0.25, 0.3) is 5.56 Å². The molecule has 1 aliphatic carbocycles. The first-order chi connectivity index (χ1) is 11.2. The predicted octanol–water partition coefficient (Wildman–Crippen LogP) is 1.40. The number of nitrogens with zero attached hydrogens (tertiary/aromatic N) is 3. The van der Waals surface area contributed by atoms with Crippen LogP contribution in [-0.4, -0.2) is 40.6 Å². The molecule has 2 aliphatic rings. The van der Waals surface area contributed by atoms with E-state index in [-0.39, 0.29) is 17.4 Å². The topological polar surface area (TPSA) is 64.4 Å². The Bertz CT molecular complexity index is 822. The molecule has 1 saturated carbocycles. The van der Waals surface area contributed by atoms with E-state index in [4.69, 9.17) is 4.74 Å². The second kappa shape index (κ2) is 5.72. The van der Waals surface area contributed by atoms with Gasteiger partial charge in [0, 0.05) is 24.4 Å². The Hall–Kier alpha value is -1.73. The lowest BCUT2D eigenvalue weighted by atomic mass is 10.0. The van der Waals surface area contributed by atoms with Crippen LogP contribution in [0.15, 0.2) is 11.1 Å². The molecule has 0 unspecified atom stereocenters. The zero-order chi connectivity index (χ0) is 16.0. The minimum atomic E-state index is 0.00604. The van der Waals surface area contributed by atoms with Gasteiger partial charge < -0.3 is 9.64 Å². The molecule has 1 aliphatic heterocycles. The van der Waals surface area contributed by atoms with E-state index in [1.807, 2.05) is 4.90 Å². The fourth-order valence-corrected chi connectivity index (χ4v) is 4.34. The highest BCUT2D eigenvalue weighted by Crippen LogP contribution is 2.36. The average Bonchev–Trinajstić information content (AvgIpc) is 3.33. The van der Waals surface area contributed by atoms with Gasteiger partial charge in [-0.15, -0.1) is 11.3 Å². The highest BCUT2D eigenvalue weighted by Gasteiger charge is 2.35. The maximum Gasteiger partial charge on any atom is 0.262 e. The van der Waals surface area contributed by atoms with Gasteiger partial charge in [-0.05, 0) is 24.8 Å². The van der Waals surface area contributed by atoms with Crippen molar-refractivity contribution < 1.29 is 9.53 Å². The maximum absolute atomic E-state index is 12.7. The summed E-state index contributed by atoms with van der Waals surface area (Å²) in [6.45, 7) is 2.34. The number of methoxy groups -OCH3 is 1. The van der Waals surface area contributed by atoms with E-state index in [0.717, 1.165) is 39.9 Å². The Kier molecular flexibility index (Phi) is 3.69. The molecule has 0 saturated heterocycles. The van der Waals surface area contributed by atoms with E-state index in [1.165, 1.54) is 0 Å². The van der Waals surface area contributed by atoms with Crippen LogP contribution in [0.5, 0.6) is 0 Å². The molecular formula is C16H19N3O3S. The van der Waals surface area contributed by atoms with E-state index < -0.39 is 0 Å². The van der Waals surface area contributed by atoms with Crippen molar-refractivity contribution in [1.82, 2.24) is 14.5 Å². The van der Waals surface area contributed by atoms with E-state index in [9.17, 15) is 9.59 Å². The third-order valence-electron chi connectivity index (χ3n) is 4.60. The average molecular weight is 333 g/mol. The van der Waals surface area contributed by atoms with Gasteiger partial charge in [0.1, 0.15) is 4.83 Å². The first-order valence-corrected chi connectivity index (χ1v) is 8.78. The number of hydrogen-bond acceptors (Lipinski definition) is 5. The monoisotopic (exact) mass is 333 g/mol. The number of aromatic nitrogens is 2. The standard InChI is InChI=1S/C16H19N3O3S/c1-22-7-6-19-9-17-14-13(16(19)21)11-4-5-18(8-12(11)23-14)15(20)10-2-3-10/h9-10H,2-8H2,1H3. The van der Waals surface area contributed by atoms with Gasteiger partial charge in [-0.2, -0.15) is 0 Å². The molecule has 122 valence electrons. The van der Waals surface area contributed by atoms with Gasteiger partial charge in [0.15, 0.2) is 0 Å². The van der Waals surface area contributed by atoms with Crippen molar-refractivity contribution in [2.45, 2.75) is 32.4 Å². The van der Waals surface area contributed by atoms with Crippen LogP contribution in [0.3, 0.4) is 0 Å². The molecule has 2 aromatic rings. The molecule has 0 N–H and O–H groups in total. The Morgan fingerprint density at radius 2 is 2.30 bits per heavy atom. The predicted molar refractivity (Wildman–Crippen MR) is 87.6 cm³/mol. The van der Waals surface area contributed by atoms with Crippen LogP contribution < -0.4 is 5.56 Å². The van der Waals surface area contributed by atoms with E-state index >= 15 is 0 Å². The van der Waals surface area contributed by atoms with Crippen molar-refractivity contribution in [2.75, 3.05) is 20.3 Å². The zero-order valence-electron chi connectivity index (χ0n) is 13.1. The van der Waals surface area contributed by atoms with Gasteiger partial charge in [-0.3, -0.25) is 14.2 Å². The summed E-state index contributed by atoms with van der Waals surface area (Å²) in [5.74, 6) is 0.522. The molecule has 0 aromatic carbocycles. The third-order valence-corrected chi connectivity index (χ3v) is 5.73. The molecule has 6 nitrogen and oxygen atoms in total. The Labute approximate surface area is 137 Å². The quantitative estimate of drug-likeness (QED) is 0.848. The summed E-state index contributed by atoms with van der Waals surface area (Å²) in [5.41, 5.74) is 1.10. The number of carbonyl (C=O) groups excluding carboxylic acids is 1. The van der Waals surface area contributed by atoms with Crippen LogP contribution in [0.1, 0.15) is 23.3 Å². The molecule has 1 amide bonds. The highest BCUT2D eigenvalue weighted by atomic mass is 32.1. The lowest BCUT2D eigenvalue weighted by Crippen LogP contribution is -2.36. The normalized spacial score (nSPS) is 17.5. The van der Waals surface area contributed by atoms with Crippen molar-refractivity contribution in [3.8, 4) is 0 Å². The summed E-state index contributed by atoms with van der Waals surface area (Å²) in [5, 5.41) is 0.738. The smallest absolute Gasteiger partial charge is 0.262 e. The lowest BCUT2D eigenvalue weighted by Gasteiger charge is -2.27. The van der Waals surface area contributed by atoms with Crippen LogP contribution >= 0.6 is 11.3 Å². The molecule has 0 bridgehead atoms. The van der Waals surface area contributed by atoms with Crippen LogP contribution in [0.25, 0.3) is 10.2 Å². The summed E-state index contributed by atoms with van der Waals surface area (Å²) in [7, 11) is 1.62. The molecule has 0 atom stereocenters. The fraction of sp³-hybridized carbons (Fsp3) is 0.562. The molecule has 1 fully saturated rings. The molecule has 23 heavy (non-hydrogen) atoms. The lowest BCUT2D eigenvalue weighted by molar-refractivity contribution is -0.133. The molecule has 7 heteroatoms. The molecule has 3 heterocycles. The Morgan fingerprint density at radius 3 is 3.04 bits per heavy atom. The summed E-state index contributed by atoms with van der Waals surface area (Å²) >= 11 is 1.55. The third kappa shape index (κ3) is 2.57. The van der Waals surface area contributed by atoms with E-state index in [0.29, 0.717) is 26.2 Å². The SMILES string of the molecule is COCCn1cnc2sc3c(c2c1=O)CCN(C(=O)C1CC1)C3. The van der Waals surface area contributed by atoms with Gasteiger partial charge in [0.2, 0.25) is 5.91 Å². The first-order valence-electron chi connectivity index (χ1n) is 7.96. The summed E-state index contributed by atoms with van der Waals surface area (Å²) in [6, 6.07) is 0. The van der Waals surface area contributed by atoms with Crippen LogP contribution in [0.4, 0.5) is 0 Å². The van der Waals surface area contributed by atoms with E-state index in [1.54, 1.807) is 29.3 Å². The Balaban J connectivity index is 1.69. The number of carbonyl (C=O) groups is 1. The first kappa shape index (κ1) is 14.8. The van der Waals surface area contributed by atoms with Crippen molar-refractivity contribution in [1.29, 1.82) is 0 Å². The maximum atomic E-state index is 12.7. The van der Waals surface area contributed by atoms with Crippen molar-refractivity contribution in [3.63, 3.8) is 0 Å². The fourth-order valence-electron chi connectivity index (χ4n) is 3.14. The number of amides is 1. The second-order valence-corrected chi connectivity index (χ2v) is 7.29. The van der Waals surface area contributed by atoms with Gasteiger partial charge in [0.05, 0.1) is 31.4 Å². The van der Waals surface area contributed by atoms with Crippen molar-refractivity contribution in [2.24, 2.45) is 5.92 Å². The summed E-state index contributed by atoms with van der Waals surface area (Å²) < 4.78 is 6.66. The largest absolute Gasteiger partial charge is 0.383 e. The molecule has 0 spiro atoms. The highest BCUT2D eigenvalue weighted by molar-refractivity contribution is 7.18. The van der Waals surface area contributed by atoms with Gasteiger partial charge in [-0.25, -0.2) is 4.98 Å². The number of ether oxygens (including phenoxy) is 1. The van der Waals surface area contributed by atoms with Gasteiger partial charge in [-0.1, -0.05) is 0 Å². The Morgan fingerprint density at radius 1 is 1.48 bits per heavy atom. The van der Waals surface area contributed by atoms with Gasteiger partial charge >= 0.3 is 0 Å². The van der Waals surface area contributed by atoms with Crippen LogP contribution in [0, 0.1) is 5.92 Å². The number of fused-ring (bicyclic) bond motifs is 3. The summed E-state index contributed by atoms with van der Waals surface area (Å²) in [4.78, 5) is 33.2. The number of rotatable bonds is 4. The van der Waals surface area contributed by atoms with E-state index in [2.05, 4.69) is 4.98 Å². The molecule has 0 radical (unpaired) electrons. The zero-order valence-corrected chi connectivity index (χ0v) is 13.9. The summed E-state index contributed by atoms with van der Waals surface area (Å²) in [6.07, 6.45) is 4.40. The van der Waals surface area contributed by atoms with Crippen LogP contribution in [-0.2, 0) is 29.0 Å². The number of hydrogen-bond donors (Lipinski definition) is 0. The second-order valence-electron chi connectivity index (χ2n) is 6.20. The minimum absolute atomic E-state index is 0.00604. The minimum Gasteiger partial charge on any atom is -0.383 e. The molecule has 4 rings (SSSR count). The number of thiophene rings is 1.